The number of nitrogens with zero attached hydrogens (tertiary/aromatic N) is 2. The van der Waals surface area contributed by atoms with Gasteiger partial charge in [-0.15, -0.1) is 11.3 Å². The molecule has 0 bridgehead atoms. The van der Waals surface area contributed by atoms with Crippen LogP contribution in [0.2, 0.25) is 0 Å². The molecule has 0 radical (unpaired) electrons. The van der Waals surface area contributed by atoms with Crippen LogP contribution in [0.15, 0.2) is 28.2 Å². The van der Waals surface area contributed by atoms with E-state index in [1.807, 2.05) is 29.3 Å². The maximum atomic E-state index is 12.6. The molecule has 0 saturated heterocycles. The summed E-state index contributed by atoms with van der Waals surface area (Å²) < 4.78 is 5.32. The third-order valence-corrected chi connectivity index (χ3v) is 4.68. The minimum Gasteiger partial charge on any atom is -0.462 e. The molecule has 20 heavy (non-hydrogen) atoms. The van der Waals surface area contributed by atoms with Crippen LogP contribution < -0.4 is 0 Å². The second kappa shape index (κ2) is 5.79. The van der Waals surface area contributed by atoms with Crippen LogP contribution in [0.5, 0.6) is 0 Å². The molecule has 2 heterocycles. The van der Waals surface area contributed by atoms with E-state index in [1.54, 1.807) is 6.26 Å². The largest absolute Gasteiger partial charge is 0.462 e. The van der Waals surface area contributed by atoms with Crippen molar-refractivity contribution in [1.29, 1.82) is 0 Å². The van der Waals surface area contributed by atoms with Gasteiger partial charge in [-0.25, -0.2) is 4.98 Å². The first-order valence-corrected chi connectivity index (χ1v) is 7.98. The van der Waals surface area contributed by atoms with E-state index in [2.05, 4.69) is 4.98 Å². The number of thiazole rings is 1. The van der Waals surface area contributed by atoms with Gasteiger partial charge in [0.25, 0.3) is 5.91 Å². The summed E-state index contributed by atoms with van der Waals surface area (Å²) in [6.07, 6.45) is 6.31. The van der Waals surface area contributed by atoms with Gasteiger partial charge in [-0.05, 0) is 31.9 Å². The van der Waals surface area contributed by atoms with E-state index >= 15 is 0 Å². The number of amides is 1. The topological polar surface area (TPSA) is 46.3 Å². The smallest absolute Gasteiger partial charge is 0.273 e. The van der Waals surface area contributed by atoms with Gasteiger partial charge < -0.3 is 9.32 Å². The Bertz CT molecular complexity index is 570. The van der Waals surface area contributed by atoms with E-state index in [9.17, 15) is 4.79 Å². The maximum absolute atomic E-state index is 12.6. The summed E-state index contributed by atoms with van der Waals surface area (Å²) >= 11 is 1.45. The molecule has 0 N–H and O–H groups in total. The summed E-state index contributed by atoms with van der Waals surface area (Å²) in [6.45, 7) is 2.78. The lowest BCUT2D eigenvalue weighted by molar-refractivity contribution is 0.0688. The quantitative estimate of drug-likeness (QED) is 0.860. The molecule has 0 atom stereocenters. The fraction of sp³-hybridized carbons (Fsp3) is 0.467. The number of carbonyl (C=O) groups is 1. The average Bonchev–Trinajstić information content (AvgIpc) is 3.20. The molecule has 1 aliphatic rings. The van der Waals surface area contributed by atoms with Crippen LogP contribution in [0, 0.1) is 0 Å². The molecule has 1 fully saturated rings. The van der Waals surface area contributed by atoms with Gasteiger partial charge in [0, 0.05) is 18.0 Å². The average molecular weight is 290 g/mol. The molecule has 0 aromatic carbocycles. The van der Waals surface area contributed by atoms with E-state index in [0.29, 0.717) is 11.7 Å². The first-order valence-electron chi connectivity index (χ1n) is 7.10. The van der Waals surface area contributed by atoms with Crippen molar-refractivity contribution < 1.29 is 9.21 Å². The Morgan fingerprint density at radius 2 is 2.30 bits per heavy atom. The third kappa shape index (κ3) is 2.50. The molecule has 0 spiro atoms. The van der Waals surface area contributed by atoms with Gasteiger partial charge in [-0.1, -0.05) is 12.8 Å². The molecule has 2 aromatic heterocycles. The maximum Gasteiger partial charge on any atom is 0.273 e. The van der Waals surface area contributed by atoms with Crippen LogP contribution in [-0.4, -0.2) is 28.4 Å². The number of hydrogen-bond donors (Lipinski definition) is 0. The molecule has 106 valence electrons. The van der Waals surface area contributed by atoms with Crippen molar-refractivity contribution in [2.75, 3.05) is 6.54 Å². The van der Waals surface area contributed by atoms with Gasteiger partial charge in [0.05, 0.1) is 6.26 Å². The predicted octanol–water partition coefficient (Wildman–Crippen LogP) is 3.81. The van der Waals surface area contributed by atoms with Crippen LogP contribution in [-0.2, 0) is 0 Å². The lowest BCUT2D eigenvalue weighted by Crippen LogP contribution is -2.38. The molecular formula is C15H18N2O2S. The highest BCUT2D eigenvalue weighted by molar-refractivity contribution is 7.13. The van der Waals surface area contributed by atoms with Crippen molar-refractivity contribution in [3.8, 4) is 10.8 Å². The molecule has 4 nitrogen and oxygen atoms in total. The van der Waals surface area contributed by atoms with Gasteiger partial charge in [0.2, 0.25) is 0 Å². The van der Waals surface area contributed by atoms with Crippen LogP contribution in [0.4, 0.5) is 0 Å². The summed E-state index contributed by atoms with van der Waals surface area (Å²) in [7, 11) is 0. The number of furan rings is 1. The van der Waals surface area contributed by atoms with Crippen molar-refractivity contribution in [1.82, 2.24) is 9.88 Å². The predicted molar refractivity (Wildman–Crippen MR) is 78.8 cm³/mol. The van der Waals surface area contributed by atoms with E-state index in [4.69, 9.17) is 4.42 Å². The van der Waals surface area contributed by atoms with Gasteiger partial charge in [0.1, 0.15) is 5.69 Å². The van der Waals surface area contributed by atoms with Crippen molar-refractivity contribution in [3.63, 3.8) is 0 Å². The van der Waals surface area contributed by atoms with Crippen LogP contribution in [0.25, 0.3) is 10.8 Å². The van der Waals surface area contributed by atoms with E-state index in [0.717, 1.165) is 30.2 Å². The molecule has 5 heteroatoms. The normalized spacial score (nSPS) is 15.7. The van der Waals surface area contributed by atoms with Crippen LogP contribution in [0.3, 0.4) is 0 Å². The molecule has 1 saturated carbocycles. The van der Waals surface area contributed by atoms with Crippen LogP contribution >= 0.6 is 11.3 Å². The molecule has 2 aromatic rings. The minimum absolute atomic E-state index is 0.0495. The second-order valence-corrected chi connectivity index (χ2v) is 5.90. The Morgan fingerprint density at radius 1 is 1.50 bits per heavy atom. The molecule has 1 amide bonds. The van der Waals surface area contributed by atoms with Crippen LogP contribution in [0.1, 0.15) is 43.1 Å². The highest BCUT2D eigenvalue weighted by Crippen LogP contribution is 2.27. The highest BCUT2D eigenvalue weighted by atomic mass is 32.1. The summed E-state index contributed by atoms with van der Waals surface area (Å²) in [5.41, 5.74) is 0.537. The Hall–Kier alpha value is -1.62. The monoisotopic (exact) mass is 290 g/mol. The second-order valence-electron chi connectivity index (χ2n) is 5.04. The van der Waals surface area contributed by atoms with Crippen molar-refractivity contribution in [2.24, 2.45) is 0 Å². The van der Waals surface area contributed by atoms with Gasteiger partial charge in [0.15, 0.2) is 10.8 Å². The van der Waals surface area contributed by atoms with E-state index in [1.165, 1.54) is 24.2 Å². The van der Waals surface area contributed by atoms with Gasteiger partial charge >= 0.3 is 0 Å². The number of aromatic nitrogens is 1. The summed E-state index contributed by atoms with van der Waals surface area (Å²) in [5, 5.41) is 2.60. The Kier molecular flexibility index (Phi) is 3.87. The Balaban J connectivity index is 1.79. The van der Waals surface area contributed by atoms with Crippen molar-refractivity contribution in [2.45, 2.75) is 38.6 Å². The summed E-state index contributed by atoms with van der Waals surface area (Å²) in [5.74, 6) is 0.770. The summed E-state index contributed by atoms with van der Waals surface area (Å²) in [4.78, 5) is 19.0. The van der Waals surface area contributed by atoms with E-state index in [-0.39, 0.29) is 5.91 Å². The van der Waals surface area contributed by atoms with Crippen molar-refractivity contribution in [3.05, 3.63) is 29.5 Å². The minimum atomic E-state index is 0.0495. The first-order chi connectivity index (χ1) is 9.79. The number of hydrogen-bond acceptors (Lipinski definition) is 4. The molecule has 0 unspecified atom stereocenters. The highest BCUT2D eigenvalue weighted by Gasteiger charge is 2.27. The number of carbonyl (C=O) groups excluding carboxylic acids is 1. The Labute approximate surface area is 122 Å². The molecule has 3 rings (SSSR count). The Morgan fingerprint density at radius 3 is 2.95 bits per heavy atom. The van der Waals surface area contributed by atoms with Gasteiger partial charge in [-0.3, -0.25) is 4.79 Å². The molecule has 1 aliphatic carbocycles. The zero-order valence-corrected chi connectivity index (χ0v) is 12.4. The molecular weight excluding hydrogens is 272 g/mol. The lowest BCUT2D eigenvalue weighted by atomic mass is 10.2. The molecule has 0 aliphatic heterocycles. The van der Waals surface area contributed by atoms with E-state index < -0.39 is 0 Å². The summed E-state index contributed by atoms with van der Waals surface area (Å²) in [6, 6.07) is 4.08. The zero-order valence-electron chi connectivity index (χ0n) is 11.5. The third-order valence-electron chi connectivity index (χ3n) is 3.82. The van der Waals surface area contributed by atoms with Gasteiger partial charge in [-0.2, -0.15) is 0 Å². The fourth-order valence-electron chi connectivity index (χ4n) is 2.82. The fourth-order valence-corrected chi connectivity index (χ4v) is 3.58. The lowest BCUT2D eigenvalue weighted by Gasteiger charge is -2.26. The SMILES string of the molecule is CCN(C(=O)c1csc(-c2ccco2)n1)C1CCCC1. The standard InChI is InChI=1S/C15H18N2O2S/c1-2-17(11-6-3-4-7-11)15(18)12-10-20-14(16-12)13-8-5-9-19-13/h5,8-11H,2-4,6-7H2,1H3. The number of rotatable bonds is 4. The first kappa shape index (κ1) is 13.4. The van der Waals surface area contributed by atoms with Crippen molar-refractivity contribution >= 4 is 17.2 Å². The zero-order chi connectivity index (χ0) is 13.9.